The summed E-state index contributed by atoms with van der Waals surface area (Å²) in [7, 11) is 1.59. The molecule has 2 aromatic heterocycles. The first-order chi connectivity index (χ1) is 14.0. The van der Waals surface area contributed by atoms with Crippen molar-refractivity contribution in [1.82, 2.24) is 20.5 Å². The smallest absolute Gasteiger partial charge is 0.248 e. The van der Waals surface area contributed by atoms with Gasteiger partial charge in [-0.2, -0.15) is 0 Å². The number of rotatable bonds is 7. The van der Waals surface area contributed by atoms with Gasteiger partial charge in [-0.3, -0.25) is 19.9 Å². The lowest BCUT2D eigenvalue weighted by Crippen LogP contribution is -2.40. The number of nitrogens with one attached hydrogen (secondary N) is 2. The van der Waals surface area contributed by atoms with Crippen molar-refractivity contribution in [2.45, 2.75) is 13.0 Å². The molecule has 148 valence electrons. The maximum atomic E-state index is 12.3. The summed E-state index contributed by atoms with van der Waals surface area (Å²) in [5.74, 6) is -0.0328. The van der Waals surface area contributed by atoms with Gasteiger partial charge in [0.15, 0.2) is 5.01 Å². The number of ether oxygens (including phenoxy) is 1. The minimum atomic E-state index is -0.745. The van der Waals surface area contributed by atoms with Crippen LogP contribution in [0.15, 0.2) is 54.7 Å². The lowest BCUT2D eigenvalue weighted by atomic mass is 10.2. The van der Waals surface area contributed by atoms with Crippen LogP contribution in [0.4, 0.5) is 5.13 Å². The van der Waals surface area contributed by atoms with E-state index in [9.17, 15) is 9.59 Å². The number of methoxy groups -OCH3 is 1. The van der Waals surface area contributed by atoms with E-state index in [1.165, 1.54) is 17.4 Å². The Kier molecular flexibility index (Phi) is 6.64. The second-order valence-corrected chi connectivity index (χ2v) is 6.93. The fraction of sp³-hybridized carbons (Fsp3) is 0.150. The zero-order valence-corrected chi connectivity index (χ0v) is 16.6. The molecule has 0 aliphatic heterocycles. The largest absolute Gasteiger partial charge is 0.497 e. The van der Waals surface area contributed by atoms with E-state index in [-0.39, 0.29) is 11.8 Å². The number of hydrogen-bond donors (Lipinski definition) is 2. The van der Waals surface area contributed by atoms with E-state index >= 15 is 0 Å². The van der Waals surface area contributed by atoms with Crippen LogP contribution in [0.1, 0.15) is 12.5 Å². The van der Waals surface area contributed by atoms with Gasteiger partial charge in [0.05, 0.1) is 7.11 Å². The number of hydrogen-bond acceptors (Lipinski definition) is 7. The lowest BCUT2D eigenvalue weighted by Gasteiger charge is -2.11. The average Bonchev–Trinajstić information content (AvgIpc) is 3.21. The molecular formula is C20H19N5O3S. The zero-order chi connectivity index (χ0) is 20.6. The summed E-state index contributed by atoms with van der Waals surface area (Å²) in [6, 6.07) is 12.0. The minimum Gasteiger partial charge on any atom is -0.497 e. The van der Waals surface area contributed by atoms with Gasteiger partial charge >= 0.3 is 0 Å². The normalized spacial score (nSPS) is 11.8. The maximum Gasteiger partial charge on any atom is 0.248 e. The van der Waals surface area contributed by atoms with Gasteiger partial charge in [-0.1, -0.05) is 29.5 Å². The van der Waals surface area contributed by atoms with Crippen molar-refractivity contribution in [2.75, 3.05) is 12.4 Å². The Hall–Kier alpha value is -3.59. The molecule has 1 unspecified atom stereocenters. The molecule has 0 spiro atoms. The monoisotopic (exact) mass is 409 g/mol. The van der Waals surface area contributed by atoms with E-state index in [1.807, 2.05) is 24.3 Å². The molecule has 2 heterocycles. The van der Waals surface area contributed by atoms with Crippen LogP contribution in [0.5, 0.6) is 5.75 Å². The summed E-state index contributed by atoms with van der Waals surface area (Å²) in [6.07, 6.45) is 4.69. The molecule has 9 heteroatoms. The number of anilines is 1. The molecule has 0 saturated carbocycles. The fourth-order valence-electron chi connectivity index (χ4n) is 2.29. The Morgan fingerprint density at radius 1 is 1.14 bits per heavy atom. The second-order valence-electron chi connectivity index (χ2n) is 5.95. The average molecular weight is 409 g/mol. The van der Waals surface area contributed by atoms with Gasteiger partial charge in [0.1, 0.15) is 17.5 Å². The third kappa shape index (κ3) is 5.69. The molecule has 3 rings (SSSR count). The highest BCUT2D eigenvalue weighted by atomic mass is 32.1. The summed E-state index contributed by atoms with van der Waals surface area (Å²) in [6.45, 7) is 1.59. The molecular weight excluding hydrogens is 390 g/mol. The molecule has 0 radical (unpaired) electrons. The van der Waals surface area contributed by atoms with E-state index in [2.05, 4.69) is 25.8 Å². The first-order valence-electron chi connectivity index (χ1n) is 8.73. The quantitative estimate of drug-likeness (QED) is 0.581. The van der Waals surface area contributed by atoms with Crippen LogP contribution < -0.4 is 15.4 Å². The Morgan fingerprint density at radius 3 is 2.62 bits per heavy atom. The second kappa shape index (κ2) is 9.56. The van der Waals surface area contributed by atoms with Crippen molar-refractivity contribution in [1.29, 1.82) is 0 Å². The van der Waals surface area contributed by atoms with Gasteiger partial charge in [0, 0.05) is 12.3 Å². The number of pyridine rings is 1. The van der Waals surface area contributed by atoms with Crippen molar-refractivity contribution in [3.8, 4) is 16.5 Å². The maximum absolute atomic E-state index is 12.3. The van der Waals surface area contributed by atoms with Gasteiger partial charge in [-0.15, -0.1) is 10.2 Å². The Labute approximate surface area is 171 Å². The fourth-order valence-corrected chi connectivity index (χ4v) is 3.02. The molecule has 0 aliphatic carbocycles. The summed E-state index contributed by atoms with van der Waals surface area (Å²) in [5.41, 5.74) is 1.52. The van der Waals surface area contributed by atoms with Gasteiger partial charge in [-0.25, -0.2) is 0 Å². The SMILES string of the molecule is COc1ccc(/C=C/C(=O)NC(C)C(=O)Nc2nnc(-c3ccccn3)s2)cc1. The van der Waals surface area contributed by atoms with Gasteiger partial charge < -0.3 is 10.1 Å². The minimum absolute atomic E-state index is 0.338. The van der Waals surface area contributed by atoms with E-state index in [1.54, 1.807) is 44.5 Å². The van der Waals surface area contributed by atoms with Gasteiger partial charge in [0.25, 0.3) is 0 Å². The van der Waals surface area contributed by atoms with Crippen LogP contribution >= 0.6 is 11.3 Å². The van der Waals surface area contributed by atoms with E-state index < -0.39 is 6.04 Å². The van der Waals surface area contributed by atoms with E-state index in [0.717, 1.165) is 11.3 Å². The molecule has 2 N–H and O–H groups in total. The summed E-state index contributed by atoms with van der Waals surface area (Å²) < 4.78 is 5.09. The van der Waals surface area contributed by atoms with Crippen LogP contribution in [0, 0.1) is 0 Å². The molecule has 1 aromatic carbocycles. The first-order valence-corrected chi connectivity index (χ1v) is 9.55. The van der Waals surface area contributed by atoms with Crippen LogP contribution in [-0.2, 0) is 9.59 Å². The predicted molar refractivity (Wildman–Crippen MR) is 111 cm³/mol. The van der Waals surface area contributed by atoms with E-state index in [4.69, 9.17) is 4.74 Å². The highest BCUT2D eigenvalue weighted by Crippen LogP contribution is 2.24. The van der Waals surface area contributed by atoms with Crippen molar-refractivity contribution in [3.05, 3.63) is 60.3 Å². The van der Waals surface area contributed by atoms with Crippen molar-refractivity contribution in [2.24, 2.45) is 0 Å². The molecule has 8 nitrogen and oxygen atoms in total. The predicted octanol–water partition coefficient (Wildman–Crippen LogP) is 2.77. The summed E-state index contributed by atoms with van der Waals surface area (Å²) in [5, 5.41) is 14.2. The zero-order valence-electron chi connectivity index (χ0n) is 15.8. The molecule has 0 fully saturated rings. The van der Waals surface area contributed by atoms with Crippen LogP contribution in [0.3, 0.4) is 0 Å². The number of carbonyl (C=O) groups excluding carboxylic acids is 2. The van der Waals surface area contributed by atoms with Crippen molar-refractivity contribution in [3.63, 3.8) is 0 Å². The van der Waals surface area contributed by atoms with Gasteiger partial charge in [-0.05, 0) is 42.8 Å². The highest BCUT2D eigenvalue weighted by molar-refractivity contribution is 7.18. The molecule has 1 atom stereocenters. The number of carbonyl (C=O) groups is 2. The third-order valence-electron chi connectivity index (χ3n) is 3.83. The van der Waals surface area contributed by atoms with Gasteiger partial charge in [0.2, 0.25) is 16.9 Å². The van der Waals surface area contributed by atoms with Crippen LogP contribution in [-0.4, -0.2) is 40.1 Å². The number of amides is 2. The Morgan fingerprint density at radius 2 is 1.93 bits per heavy atom. The number of aromatic nitrogens is 3. The highest BCUT2D eigenvalue weighted by Gasteiger charge is 2.17. The van der Waals surface area contributed by atoms with Crippen molar-refractivity contribution < 1.29 is 14.3 Å². The molecule has 3 aromatic rings. The number of nitrogens with zero attached hydrogens (tertiary/aromatic N) is 3. The molecule has 29 heavy (non-hydrogen) atoms. The van der Waals surface area contributed by atoms with Crippen LogP contribution in [0.25, 0.3) is 16.8 Å². The summed E-state index contributed by atoms with van der Waals surface area (Å²) in [4.78, 5) is 28.6. The molecule has 2 amide bonds. The third-order valence-corrected chi connectivity index (χ3v) is 4.70. The topological polar surface area (TPSA) is 106 Å². The number of benzene rings is 1. The first kappa shape index (κ1) is 20.2. The molecule has 0 aliphatic rings. The standard InChI is InChI=1S/C20H19N5O3S/c1-13(22-17(26)11-8-14-6-9-15(28-2)10-7-14)18(27)23-20-25-24-19(29-20)16-5-3-4-12-21-16/h3-13H,1-2H3,(H,22,26)(H,23,25,27)/b11-8+. The molecule has 0 bridgehead atoms. The molecule has 0 saturated heterocycles. The van der Waals surface area contributed by atoms with Crippen molar-refractivity contribution >= 4 is 34.4 Å². The van der Waals surface area contributed by atoms with Crippen LogP contribution in [0.2, 0.25) is 0 Å². The Balaban J connectivity index is 1.52. The Bertz CT molecular complexity index is 1000. The summed E-state index contributed by atoms with van der Waals surface area (Å²) >= 11 is 1.21. The lowest BCUT2D eigenvalue weighted by molar-refractivity contribution is -0.123. The van der Waals surface area contributed by atoms with E-state index in [0.29, 0.717) is 15.8 Å².